The quantitative estimate of drug-likeness (QED) is 0.754. The largest absolute Gasteiger partial charge is 0.356 e. The van der Waals surface area contributed by atoms with E-state index in [4.69, 9.17) is 0 Å². The summed E-state index contributed by atoms with van der Waals surface area (Å²) in [6.45, 7) is 5.43. The Hall–Kier alpha value is -0.280. The molecule has 1 saturated heterocycles. The highest BCUT2D eigenvalue weighted by atomic mass is 35.5. The topological polar surface area (TPSA) is 41.1 Å². The van der Waals surface area contributed by atoms with Gasteiger partial charge in [0.05, 0.1) is 0 Å². The van der Waals surface area contributed by atoms with E-state index in [1.807, 2.05) is 0 Å². The maximum absolute atomic E-state index is 12.2. The fourth-order valence-electron chi connectivity index (χ4n) is 3.71. The first kappa shape index (κ1) is 18.8. The minimum Gasteiger partial charge on any atom is -0.356 e. The van der Waals surface area contributed by atoms with Crippen molar-refractivity contribution < 1.29 is 4.79 Å². The number of unbranched alkanes of at least 4 members (excludes halogenated alkanes) is 1. The van der Waals surface area contributed by atoms with Crippen LogP contribution in [0.2, 0.25) is 0 Å². The van der Waals surface area contributed by atoms with E-state index in [1.54, 1.807) is 0 Å². The Bertz CT molecular complexity index is 285. The van der Waals surface area contributed by atoms with E-state index >= 15 is 0 Å². The molecule has 1 heterocycles. The molecule has 1 unspecified atom stereocenters. The fourth-order valence-corrected chi connectivity index (χ4v) is 3.71. The molecule has 1 atom stereocenters. The average molecular weight is 317 g/mol. The van der Waals surface area contributed by atoms with Gasteiger partial charge < -0.3 is 10.6 Å². The molecule has 0 spiro atoms. The van der Waals surface area contributed by atoms with Crippen molar-refractivity contribution >= 4 is 18.3 Å². The molecule has 0 aromatic heterocycles. The molecule has 1 saturated carbocycles. The van der Waals surface area contributed by atoms with Crippen molar-refractivity contribution in [2.45, 2.75) is 64.7 Å². The highest BCUT2D eigenvalue weighted by Crippen LogP contribution is 2.31. The highest BCUT2D eigenvalue weighted by Gasteiger charge is 2.25. The summed E-state index contributed by atoms with van der Waals surface area (Å²) in [6, 6.07) is 0. The zero-order valence-corrected chi connectivity index (χ0v) is 14.4. The molecular weight excluding hydrogens is 284 g/mol. The van der Waals surface area contributed by atoms with Crippen molar-refractivity contribution in [3.63, 3.8) is 0 Å². The van der Waals surface area contributed by atoms with Crippen LogP contribution in [0.1, 0.15) is 64.7 Å². The molecule has 1 aliphatic carbocycles. The van der Waals surface area contributed by atoms with E-state index in [1.165, 1.54) is 38.5 Å². The van der Waals surface area contributed by atoms with Crippen LogP contribution in [-0.4, -0.2) is 25.5 Å². The maximum Gasteiger partial charge on any atom is 0.223 e. The SMILES string of the molecule is CCCCC1CCC(C(=O)NCCC2CCNC2)CC1.Cl. The second kappa shape index (κ2) is 10.4. The van der Waals surface area contributed by atoms with E-state index in [2.05, 4.69) is 17.6 Å². The van der Waals surface area contributed by atoms with Crippen LogP contribution in [0.5, 0.6) is 0 Å². The van der Waals surface area contributed by atoms with Crippen molar-refractivity contribution in [1.29, 1.82) is 0 Å². The molecule has 2 rings (SSSR count). The van der Waals surface area contributed by atoms with Gasteiger partial charge in [-0.15, -0.1) is 12.4 Å². The molecule has 2 aliphatic rings. The van der Waals surface area contributed by atoms with Gasteiger partial charge in [-0.25, -0.2) is 0 Å². The van der Waals surface area contributed by atoms with Crippen LogP contribution < -0.4 is 10.6 Å². The zero-order valence-electron chi connectivity index (χ0n) is 13.5. The van der Waals surface area contributed by atoms with E-state index < -0.39 is 0 Å². The summed E-state index contributed by atoms with van der Waals surface area (Å²) in [5, 5.41) is 6.55. The number of hydrogen-bond acceptors (Lipinski definition) is 2. The zero-order chi connectivity index (χ0) is 14.2. The predicted octanol–water partition coefficient (Wildman–Crippen LogP) is 3.52. The Labute approximate surface area is 136 Å². The summed E-state index contributed by atoms with van der Waals surface area (Å²) in [5.41, 5.74) is 0. The van der Waals surface area contributed by atoms with E-state index in [0.29, 0.717) is 11.8 Å². The summed E-state index contributed by atoms with van der Waals surface area (Å²) in [6.07, 6.45) is 11.2. The molecule has 124 valence electrons. The van der Waals surface area contributed by atoms with Crippen molar-refractivity contribution in [3.8, 4) is 0 Å². The van der Waals surface area contributed by atoms with Gasteiger partial charge in [-0.1, -0.05) is 26.2 Å². The van der Waals surface area contributed by atoms with Gasteiger partial charge in [0.1, 0.15) is 0 Å². The van der Waals surface area contributed by atoms with E-state index in [9.17, 15) is 4.79 Å². The first-order valence-electron chi connectivity index (χ1n) is 8.78. The summed E-state index contributed by atoms with van der Waals surface area (Å²) < 4.78 is 0. The fraction of sp³-hybridized carbons (Fsp3) is 0.941. The van der Waals surface area contributed by atoms with Crippen molar-refractivity contribution in [1.82, 2.24) is 10.6 Å². The van der Waals surface area contributed by atoms with Gasteiger partial charge >= 0.3 is 0 Å². The molecule has 4 heteroatoms. The van der Waals surface area contributed by atoms with Crippen LogP contribution in [-0.2, 0) is 4.79 Å². The Kier molecular flexibility index (Phi) is 9.34. The highest BCUT2D eigenvalue weighted by molar-refractivity contribution is 5.85. The number of amides is 1. The van der Waals surface area contributed by atoms with Crippen molar-refractivity contribution in [2.75, 3.05) is 19.6 Å². The van der Waals surface area contributed by atoms with E-state index in [0.717, 1.165) is 50.7 Å². The first-order chi connectivity index (χ1) is 9.79. The van der Waals surface area contributed by atoms with Crippen molar-refractivity contribution in [2.24, 2.45) is 17.8 Å². The minimum absolute atomic E-state index is 0. The molecule has 3 nitrogen and oxygen atoms in total. The third kappa shape index (κ3) is 6.56. The predicted molar refractivity (Wildman–Crippen MR) is 90.8 cm³/mol. The van der Waals surface area contributed by atoms with Gasteiger partial charge in [0.15, 0.2) is 0 Å². The second-order valence-corrected chi connectivity index (χ2v) is 6.80. The molecule has 2 fully saturated rings. The van der Waals surface area contributed by atoms with E-state index in [-0.39, 0.29) is 12.4 Å². The Balaban J connectivity index is 0.00000220. The van der Waals surface area contributed by atoms with Gasteiger partial charge in [-0.3, -0.25) is 4.79 Å². The Morgan fingerprint density at radius 3 is 2.48 bits per heavy atom. The van der Waals surface area contributed by atoms with Crippen LogP contribution >= 0.6 is 12.4 Å². The number of rotatable bonds is 7. The average Bonchev–Trinajstić information content (AvgIpc) is 2.99. The monoisotopic (exact) mass is 316 g/mol. The van der Waals surface area contributed by atoms with Gasteiger partial charge in [-0.05, 0) is 63.5 Å². The van der Waals surface area contributed by atoms with Crippen LogP contribution in [0.3, 0.4) is 0 Å². The molecule has 1 amide bonds. The second-order valence-electron chi connectivity index (χ2n) is 6.80. The molecule has 1 aliphatic heterocycles. The smallest absolute Gasteiger partial charge is 0.223 e. The van der Waals surface area contributed by atoms with Crippen LogP contribution in [0, 0.1) is 17.8 Å². The number of carbonyl (C=O) groups is 1. The summed E-state index contributed by atoms with van der Waals surface area (Å²) >= 11 is 0. The lowest BCUT2D eigenvalue weighted by molar-refractivity contribution is -0.126. The van der Waals surface area contributed by atoms with Gasteiger partial charge in [-0.2, -0.15) is 0 Å². The van der Waals surface area contributed by atoms with Crippen molar-refractivity contribution in [3.05, 3.63) is 0 Å². The van der Waals surface area contributed by atoms with Gasteiger partial charge in [0, 0.05) is 12.5 Å². The lowest BCUT2D eigenvalue weighted by Gasteiger charge is -2.27. The molecule has 0 aromatic rings. The summed E-state index contributed by atoms with van der Waals surface area (Å²) in [5.74, 6) is 2.29. The molecule has 0 radical (unpaired) electrons. The minimum atomic E-state index is 0. The molecular formula is C17H33ClN2O. The van der Waals surface area contributed by atoms with Crippen LogP contribution in [0.4, 0.5) is 0 Å². The molecule has 0 aromatic carbocycles. The number of carbonyl (C=O) groups excluding carboxylic acids is 1. The molecule has 21 heavy (non-hydrogen) atoms. The first-order valence-corrected chi connectivity index (χ1v) is 8.78. The lowest BCUT2D eigenvalue weighted by Crippen LogP contribution is -2.34. The standard InChI is InChI=1S/C17H32N2O.ClH/c1-2-3-4-14-5-7-16(8-6-14)17(20)19-12-10-15-9-11-18-13-15;/h14-16,18H,2-13H2,1H3,(H,19,20);1H. The molecule has 0 bridgehead atoms. The Morgan fingerprint density at radius 2 is 1.86 bits per heavy atom. The lowest BCUT2D eigenvalue weighted by atomic mass is 9.79. The maximum atomic E-state index is 12.2. The third-order valence-corrected chi connectivity index (χ3v) is 5.20. The normalized spacial score (nSPS) is 28.9. The molecule has 2 N–H and O–H groups in total. The third-order valence-electron chi connectivity index (χ3n) is 5.20. The van der Waals surface area contributed by atoms with Crippen LogP contribution in [0.25, 0.3) is 0 Å². The number of hydrogen-bond donors (Lipinski definition) is 2. The van der Waals surface area contributed by atoms with Gasteiger partial charge in [0.2, 0.25) is 5.91 Å². The van der Waals surface area contributed by atoms with Gasteiger partial charge in [0.25, 0.3) is 0 Å². The summed E-state index contributed by atoms with van der Waals surface area (Å²) in [4.78, 5) is 12.2. The number of nitrogens with one attached hydrogen (secondary N) is 2. The Morgan fingerprint density at radius 1 is 1.10 bits per heavy atom. The van der Waals surface area contributed by atoms with Crippen LogP contribution in [0.15, 0.2) is 0 Å². The number of halogens is 1. The summed E-state index contributed by atoms with van der Waals surface area (Å²) in [7, 11) is 0.